The van der Waals surface area contributed by atoms with Gasteiger partial charge in [-0.25, -0.2) is 4.98 Å². The summed E-state index contributed by atoms with van der Waals surface area (Å²) in [5.41, 5.74) is 2.61. The summed E-state index contributed by atoms with van der Waals surface area (Å²) in [5, 5.41) is 6.12. The second kappa shape index (κ2) is 6.26. The molecule has 0 fully saturated rings. The minimum absolute atomic E-state index is 0.0213. The molecule has 4 rings (SSSR count). The summed E-state index contributed by atoms with van der Waals surface area (Å²) in [6, 6.07) is 12.5. The standard InChI is InChI=1S/C18H16N2OS2/c21-17(16-11-19-18(23-16)15-9-4-10-22-15)20-14-8-3-6-12-5-1-2-7-13(12)14/h1-2,4-5,7,9-11,14H,3,6,8H2,(H,20,21). The number of thiophene rings is 1. The molecular weight excluding hydrogens is 324 g/mol. The Kier molecular flexibility index (Phi) is 3.97. The number of nitrogens with one attached hydrogen (secondary N) is 1. The fourth-order valence-corrected chi connectivity index (χ4v) is 4.65. The van der Waals surface area contributed by atoms with Crippen molar-refractivity contribution in [1.82, 2.24) is 10.3 Å². The highest BCUT2D eigenvalue weighted by atomic mass is 32.1. The van der Waals surface area contributed by atoms with Crippen molar-refractivity contribution in [1.29, 1.82) is 0 Å². The number of hydrogen-bond acceptors (Lipinski definition) is 4. The molecule has 3 aromatic rings. The third-order valence-electron chi connectivity index (χ3n) is 4.14. The Labute approximate surface area is 143 Å². The Morgan fingerprint density at radius 2 is 2.13 bits per heavy atom. The molecule has 0 saturated heterocycles. The van der Waals surface area contributed by atoms with Crippen LogP contribution in [0.5, 0.6) is 0 Å². The van der Waals surface area contributed by atoms with Gasteiger partial charge in [0, 0.05) is 0 Å². The minimum atomic E-state index is -0.0213. The van der Waals surface area contributed by atoms with Crippen LogP contribution in [-0.2, 0) is 6.42 Å². The van der Waals surface area contributed by atoms with E-state index in [1.165, 1.54) is 22.5 Å². The summed E-state index contributed by atoms with van der Waals surface area (Å²) >= 11 is 3.10. The van der Waals surface area contributed by atoms with Gasteiger partial charge in [0.05, 0.1) is 17.1 Å². The molecule has 23 heavy (non-hydrogen) atoms. The van der Waals surface area contributed by atoms with E-state index in [4.69, 9.17) is 0 Å². The molecule has 1 aliphatic carbocycles. The van der Waals surface area contributed by atoms with Crippen molar-refractivity contribution >= 4 is 28.6 Å². The lowest BCUT2D eigenvalue weighted by atomic mass is 9.88. The molecule has 1 amide bonds. The molecule has 0 spiro atoms. The maximum Gasteiger partial charge on any atom is 0.263 e. The number of amides is 1. The van der Waals surface area contributed by atoms with E-state index in [1.807, 2.05) is 23.6 Å². The molecule has 3 nitrogen and oxygen atoms in total. The van der Waals surface area contributed by atoms with Gasteiger partial charge in [-0.2, -0.15) is 0 Å². The summed E-state index contributed by atoms with van der Waals surface area (Å²) in [6.07, 6.45) is 4.90. The van der Waals surface area contributed by atoms with E-state index in [0.717, 1.165) is 29.1 Å². The Hall–Kier alpha value is -1.98. The second-order valence-electron chi connectivity index (χ2n) is 5.62. The van der Waals surface area contributed by atoms with Crippen LogP contribution in [0.3, 0.4) is 0 Å². The van der Waals surface area contributed by atoms with Crippen molar-refractivity contribution in [3.8, 4) is 9.88 Å². The number of carbonyl (C=O) groups excluding carboxylic acids is 1. The molecule has 116 valence electrons. The first-order chi connectivity index (χ1) is 11.3. The van der Waals surface area contributed by atoms with Crippen molar-refractivity contribution in [3.63, 3.8) is 0 Å². The van der Waals surface area contributed by atoms with E-state index in [0.29, 0.717) is 4.88 Å². The lowest BCUT2D eigenvalue weighted by Gasteiger charge is -2.26. The summed E-state index contributed by atoms with van der Waals surface area (Å²) < 4.78 is 0. The van der Waals surface area contributed by atoms with E-state index in [2.05, 4.69) is 28.5 Å². The number of benzene rings is 1. The van der Waals surface area contributed by atoms with Gasteiger partial charge < -0.3 is 5.32 Å². The Morgan fingerprint density at radius 1 is 1.22 bits per heavy atom. The number of fused-ring (bicyclic) bond motifs is 1. The lowest BCUT2D eigenvalue weighted by Crippen LogP contribution is -2.30. The van der Waals surface area contributed by atoms with Gasteiger partial charge in [0.25, 0.3) is 5.91 Å². The maximum atomic E-state index is 12.6. The molecule has 1 aromatic carbocycles. The predicted octanol–water partition coefficient (Wildman–Crippen LogP) is 4.68. The third-order valence-corrected chi connectivity index (χ3v) is 6.17. The van der Waals surface area contributed by atoms with E-state index in [9.17, 15) is 4.79 Å². The molecule has 2 aromatic heterocycles. The highest BCUT2D eigenvalue weighted by Crippen LogP contribution is 2.31. The number of thiazole rings is 1. The van der Waals surface area contributed by atoms with Gasteiger partial charge in [-0.05, 0) is 41.8 Å². The normalized spacial score (nSPS) is 16.8. The van der Waals surface area contributed by atoms with Crippen LogP contribution in [0.15, 0.2) is 48.0 Å². The van der Waals surface area contributed by atoms with Crippen molar-refractivity contribution < 1.29 is 4.79 Å². The summed E-state index contributed by atoms with van der Waals surface area (Å²) in [4.78, 5) is 18.7. The van der Waals surface area contributed by atoms with E-state index in [-0.39, 0.29) is 11.9 Å². The average molecular weight is 340 g/mol. The predicted molar refractivity (Wildman–Crippen MR) is 95.0 cm³/mol. The molecular formula is C18H16N2OS2. The zero-order chi connectivity index (χ0) is 15.6. The quantitative estimate of drug-likeness (QED) is 0.752. The van der Waals surface area contributed by atoms with E-state index >= 15 is 0 Å². The Bertz CT molecular complexity index is 823. The Balaban J connectivity index is 1.53. The third kappa shape index (κ3) is 2.94. The lowest BCUT2D eigenvalue weighted by molar-refractivity contribution is 0.0936. The summed E-state index contributed by atoms with van der Waals surface area (Å²) in [6.45, 7) is 0. The van der Waals surface area contributed by atoms with Crippen LogP contribution >= 0.6 is 22.7 Å². The maximum absolute atomic E-state index is 12.6. The first kappa shape index (κ1) is 14.6. The topological polar surface area (TPSA) is 42.0 Å². The average Bonchev–Trinajstić information content (AvgIpc) is 3.26. The number of aryl methyl sites for hydroxylation is 1. The first-order valence-corrected chi connectivity index (χ1v) is 9.39. The van der Waals surface area contributed by atoms with Gasteiger partial charge in [0.1, 0.15) is 9.88 Å². The highest BCUT2D eigenvalue weighted by molar-refractivity contribution is 7.21. The molecule has 0 radical (unpaired) electrons. The molecule has 0 aliphatic heterocycles. The van der Waals surface area contributed by atoms with Crippen LogP contribution < -0.4 is 5.32 Å². The molecule has 5 heteroatoms. The molecule has 1 aliphatic rings. The van der Waals surface area contributed by atoms with Crippen LogP contribution in [0.1, 0.15) is 39.7 Å². The van der Waals surface area contributed by atoms with Crippen LogP contribution in [0.25, 0.3) is 9.88 Å². The molecule has 1 atom stereocenters. The zero-order valence-corrected chi connectivity index (χ0v) is 14.1. The monoisotopic (exact) mass is 340 g/mol. The Morgan fingerprint density at radius 3 is 3.00 bits per heavy atom. The second-order valence-corrected chi connectivity index (χ2v) is 7.60. The van der Waals surface area contributed by atoms with Gasteiger partial charge in [0.2, 0.25) is 0 Å². The number of rotatable bonds is 3. The van der Waals surface area contributed by atoms with Crippen LogP contribution in [0, 0.1) is 0 Å². The van der Waals surface area contributed by atoms with Crippen molar-refractivity contribution in [2.45, 2.75) is 25.3 Å². The number of hydrogen-bond donors (Lipinski definition) is 1. The van der Waals surface area contributed by atoms with Crippen LogP contribution in [0.4, 0.5) is 0 Å². The van der Waals surface area contributed by atoms with Crippen molar-refractivity contribution in [2.75, 3.05) is 0 Å². The van der Waals surface area contributed by atoms with Gasteiger partial charge in [-0.15, -0.1) is 22.7 Å². The van der Waals surface area contributed by atoms with Gasteiger partial charge in [0.15, 0.2) is 0 Å². The van der Waals surface area contributed by atoms with Gasteiger partial charge >= 0.3 is 0 Å². The molecule has 0 saturated carbocycles. The highest BCUT2D eigenvalue weighted by Gasteiger charge is 2.22. The van der Waals surface area contributed by atoms with Gasteiger partial charge in [-0.3, -0.25) is 4.79 Å². The van der Waals surface area contributed by atoms with Crippen molar-refractivity contribution in [3.05, 3.63) is 64.0 Å². The number of nitrogens with zero attached hydrogens (tertiary/aromatic N) is 1. The summed E-state index contributed by atoms with van der Waals surface area (Å²) in [5.74, 6) is -0.0213. The van der Waals surface area contributed by atoms with Crippen molar-refractivity contribution in [2.24, 2.45) is 0 Å². The van der Waals surface area contributed by atoms with Gasteiger partial charge in [-0.1, -0.05) is 30.3 Å². The fraction of sp³-hybridized carbons (Fsp3) is 0.222. The van der Waals surface area contributed by atoms with E-state index < -0.39 is 0 Å². The SMILES string of the molecule is O=C(NC1CCCc2ccccc21)c1cnc(-c2cccs2)s1. The molecule has 1 unspecified atom stereocenters. The van der Waals surface area contributed by atoms with Crippen LogP contribution in [-0.4, -0.2) is 10.9 Å². The number of carbonyl (C=O) groups is 1. The van der Waals surface area contributed by atoms with Crippen LogP contribution in [0.2, 0.25) is 0 Å². The molecule has 1 N–H and O–H groups in total. The molecule has 0 bridgehead atoms. The largest absolute Gasteiger partial charge is 0.344 e. The summed E-state index contributed by atoms with van der Waals surface area (Å²) in [7, 11) is 0. The fourth-order valence-electron chi connectivity index (χ4n) is 3.03. The number of aromatic nitrogens is 1. The minimum Gasteiger partial charge on any atom is -0.344 e. The van der Waals surface area contributed by atoms with E-state index in [1.54, 1.807) is 17.5 Å². The zero-order valence-electron chi connectivity index (χ0n) is 12.5. The smallest absolute Gasteiger partial charge is 0.263 e. The molecule has 2 heterocycles. The first-order valence-electron chi connectivity index (χ1n) is 7.69.